The lowest BCUT2D eigenvalue weighted by atomic mass is 9.98. The first-order valence-corrected chi connectivity index (χ1v) is 6.98. The van der Waals surface area contributed by atoms with Crippen LogP contribution in [0.5, 0.6) is 0 Å². The number of halogens is 1. The van der Waals surface area contributed by atoms with Gasteiger partial charge in [0.05, 0.1) is 13.2 Å². The van der Waals surface area contributed by atoms with E-state index in [2.05, 4.69) is 31.2 Å². The summed E-state index contributed by atoms with van der Waals surface area (Å²) in [6.45, 7) is 4.18. The lowest BCUT2D eigenvalue weighted by molar-refractivity contribution is 0.0647. The first-order valence-electron chi connectivity index (χ1n) is 6.44. The zero-order valence-electron chi connectivity index (χ0n) is 11.3. The summed E-state index contributed by atoms with van der Waals surface area (Å²) >= 11 is 6.01. The van der Waals surface area contributed by atoms with Crippen LogP contribution in [-0.2, 0) is 15.9 Å². The number of ether oxygens (including phenoxy) is 2. The van der Waals surface area contributed by atoms with Crippen molar-refractivity contribution in [3.05, 3.63) is 35.4 Å². The molecule has 0 amide bonds. The van der Waals surface area contributed by atoms with Gasteiger partial charge in [0, 0.05) is 19.6 Å². The van der Waals surface area contributed by atoms with E-state index in [0.29, 0.717) is 25.0 Å². The van der Waals surface area contributed by atoms with Crippen molar-refractivity contribution in [2.24, 2.45) is 5.92 Å². The number of hydrogen-bond donors (Lipinski definition) is 0. The molecule has 0 spiro atoms. The van der Waals surface area contributed by atoms with Gasteiger partial charge in [-0.15, -0.1) is 11.6 Å². The summed E-state index contributed by atoms with van der Waals surface area (Å²) in [7, 11) is 1.68. The minimum atomic E-state index is 0.483. The van der Waals surface area contributed by atoms with Crippen LogP contribution < -0.4 is 0 Å². The molecule has 0 bridgehead atoms. The minimum absolute atomic E-state index is 0.483. The van der Waals surface area contributed by atoms with Crippen molar-refractivity contribution >= 4 is 11.6 Å². The molecule has 0 fully saturated rings. The van der Waals surface area contributed by atoms with Crippen LogP contribution in [0.2, 0.25) is 0 Å². The van der Waals surface area contributed by atoms with E-state index in [1.807, 2.05) is 0 Å². The maximum absolute atomic E-state index is 6.01. The first kappa shape index (κ1) is 15.5. The van der Waals surface area contributed by atoms with Crippen LogP contribution in [-0.4, -0.2) is 32.8 Å². The fourth-order valence-corrected chi connectivity index (χ4v) is 2.05. The fraction of sp³-hybridized carbons (Fsp3) is 0.600. The molecule has 0 saturated heterocycles. The highest BCUT2D eigenvalue weighted by Gasteiger charge is 2.08. The summed E-state index contributed by atoms with van der Waals surface area (Å²) in [5.74, 6) is 1.17. The van der Waals surface area contributed by atoms with E-state index in [1.165, 1.54) is 11.1 Å². The number of hydrogen-bond acceptors (Lipinski definition) is 2. The van der Waals surface area contributed by atoms with Crippen molar-refractivity contribution in [1.29, 1.82) is 0 Å². The Labute approximate surface area is 115 Å². The maximum atomic E-state index is 6.01. The molecule has 1 unspecified atom stereocenters. The lowest BCUT2D eigenvalue weighted by Gasteiger charge is -2.14. The molecule has 0 aromatic heterocycles. The smallest absolute Gasteiger partial charge is 0.0700 e. The predicted octanol–water partition coefficient (Wildman–Crippen LogP) is 3.45. The van der Waals surface area contributed by atoms with E-state index in [0.717, 1.165) is 19.4 Å². The van der Waals surface area contributed by atoms with Crippen LogP contribution in [0.3, 0.4) is 0 Å². The van der Waals surface area contributed by atoms with Gasteiger partial charge >= 0.3 is 0 Å². The number of benzene rings is 1. The summed E-state index contributed by atoms with van der Waals surface area (Å²) < 4.78 is 10.4. The number of rotatable bonds is 9. The summed E-state index contributed by atoms with van der Waals surface area (Å²) in [6.07, 6.45) is 2.03. The predicted molar refractivity (Wildman–Crippen MR) is 76.4 cm³/mol. The maximum Gasteiger partial charge on any atom is 0.0700 e. The number of aryl methyl sites for hydroxylation is 1. The van der Waals surface area contributed by atoms with Crippen LogP contribution in [0.4, 0.5) is 0 Å². The molecule has 1 aromatic carbocycles. The zero-order valence-corrected chi connectivity index (χ0v) is 12.1. The van der Waals surface area contributed by atoms with Gasteiger partial charge in [-0.05, 0) is 31.2 Å². The monoisotopic (exact) mass is 270 g/mol. The van der Waals surface area contributed by atoms with Gasteiger partial charge in [0.2, 0.25) is 0 Å². The van der Waals surface area contributed by atoms with Gasteiger partial charge in [-0.2, -0.15) is 0 Å². The molecule has 0 heterocycles. The van der Waals surface area contributed by atoms with Crippen LogP contribution in [0.25, 0.3) is 0 Å². The van der Waals surface area contributed by atoms with Crippen LogP contribution in [0, 0.1) is 12.8 Å². The Kier molecular flexibility index (Phi) is 8.06. The highest BCUT2D eigenvalue weighted by atomic mass is 35.5. The van der Waals surface area contributed by atoms with Gasteiger partial charge in [0.1, 0.15) is 0 Å². The molecule has 1 atom stereocenters. The van der Waals surface area contributed by atoms with Crippen molar-refractivity contribution in [1.82, 2.24) is 0 Å². The Morgan fingerprint density at radius 1 is 1.11 bits per heavy atom. The number of methoxy groups -OCH3 is 1. The summed E-state index contributed by atoms with van der Waals surface area (Å²) in [6, 6.07) is 8.66. The fourth-order valence-electron chi connectivity index (χ4n) is 1.79. The van der Waals surface area contributed by atoms with Gasteiger partial charge < -0.3 is 9.47 Å². The Hall–Kier alpha value is -0.570. The second-order valence-corrected chi connectivity index (χ2v) is 4.91. The Balaban J connectivity index is 2.26. The third-order valence-corrected chi connectivity index (χ3v) is 3.40. The summed E-state index contributed by atoms with van der Waals surface area (Å²) in [4.78, 5) is 0. The molecule has 0 aliphatic rings. The molecule has 1 aromatic rings. The molecule has 102 valence electrons. The summed E-state index contributed by atoms with van der Waals surface area (Å²) in [5, 5.41) is 0. The summed E-state index contributed by atoms with van der Waals surface area (Å²) in [5.41, 5.74) is 2.65. The van der Waals surface area contributed by atoms with Gasteiger partial charge in [-0.1, -0.05) is 29.8 Å². The highest BCUT2D eigenvalue weighted by Crippen LogP contribution is 2.15. The van der Waals surface area contributed by atoms with Crippen LogP contribution in [0.1, 0.15) is 17.5 Å². The average molecular weight is 271 g/mol. The zero-order chi connectivity index (χ0) is 13.2. The largest absolute Gasteiger partial charge is 0.382 e. The second-order valence-electron chi connectivity index (χ2n) is 4.60. The Bertz CT molecular complexity index is 311. The molecule has 3 heteroatoms. The molecular formula is C15H23ClO2. The third-order valence-electron chi connectivity index (χ3n) is 2.97. The van der Waals surface area contributed by atoms with E-state index in [4.69, 9.17) is 21.1 Å². The molecule has 0 aliphatic carbocycles. The van der Waals surface area contributed by atoms with Crippen molar-refractivity contribution < 1.29 is 9.47 Å². The van der Waals surface area contributed by atoms with Crippen molar-refractivity contribution in [3.63, 3.8) is 0 Å². The SMILES string of the molecule is COCCOCCC(CCl)Cc1ccc(C)cc1. The van der Waals surface area contributed by atoms with Crippen LogP contribution >= 0.6 is 11.6 Å². The molecule has 0 N–H and O–H groups in total. The Morgan fingerprint density at radius 3 is 2.44 bits per heavy atom. The Morgan fingerprint density at radius 2 is 1.83 bits per heavy atom. The van der Waals surface area contributed by atoms with Gasteiger partial charge in [-0.25, -0.2) is 0 Å². The van der Waals surface area contributed by atoms with Gasteiger partial charge in [0.15, 0.2) is 0 Å². The molecule has 18 heavy (non-hydrogen) atoms. The van der Waals surface area contributed by atoms with Crippen molar-refractivity contribution in [2.75, 3.05) is 32.8 Å². The molecule has 0 saturated carbocycles. The second kappa shape index (κ2) is 9.37. The normalized spacial score (nSPS) is 12.6. The van der Waals surface area contributed by atoms with E-state index in [-0.39, 0.29) is 0 Å². The quantitative estimate of drug-likeness (QED) is 0.505. The lowest BCUT2D eigenvalue weighted by Crippen LogP contribution is -2.12. The van der Waals surface area contributed by atoms with Gasteiger partial charge in [-0.3, -0.25) is 0 Å². The molecule has 0 radical (unpaired) electrons. The van der Waals surface area contributed by atoms with E-state index in [1.54, 1.807) is 7.11 Å². The minimum Gasteiger partial charge on any atom is -0.382 e. The standard InChI is InChI=1S/C15H23ClO2/c1-13-3-5-14(6-4-13)11-15(12-16)7-8-18-10-9-17-2/h3-6,15H,7-12H2,1-2H3. The van der Waals surface area contributed by atoms with E-state index in [9.17, 15) is 0 Å². The molecule has 2 nitrogen and oxygen atoms in total. The van der Waals surface area contributed by atoms with E-state index >= 15 is 0 Å². The van der Waals surface area contributed by atoms with Gasteiger partial charge in [0.25, 0.3) is 0 Å². The topological polar surface area (TPSA) is 18.5 Å². The van der Waals surface area contributed by atoms with Crippen molar-refractivity contribution in [2.45, 2.75) is 19.8 Å². The molecule has 0 aliphatic heterocycles. The van der Waals surface area contributed by atoms with Crippen molar-refractivity contribution in [3.8, 4) is 0 Å². The molecular weight excluding hydrogens is 248 g/mol. The van der Waals surface area contributed by atoms with Crippen LogP contribution in [0.15, 0.2) is 24.3 Å². The first-order chi connectivity index (χ1) is 8.76. The average Bonchev–Trinajstić information content (AvgIpc) is 2.39. The highest BCUT2D eigenvalue weighted by molar-refractivity contribution is 6.18. The molecule has 1 rings (SSSR count). The number of alkyl halides is 1. The van der Waals surface area contributed by atoms with E-state index < -0.39 is 0 Å². The third kappa shape index (κ3) is 6.39.